The Hall–Kier alpha value is -3.52. The van der Waals surface area contributed by atoms with Crippen LogP contribution in [0.15, 0.2) is 72.8 Å². The van der Waals surface area contributed by atoms with Gasteiger partial charge in [-0.15, -0.1) is 0 Å². The first kappa shape index (κ1) is 19.8. The second-order valence-electron chi connectivity index (χ2n) is 7.51. The van der Waals surface area contributed by atoms with Gasteiger partial charge in [-0.2, -0.15) is 0 Å². The van der Waals surface area contributed by atoms with Gasteiger partial charge >= 0.3 is 0 Å². The van der Waals surface area contributed by atoms with Crippen LogP contribution < -0.4 is 0 Å². The predicted molar refractivity (Wildman–Crippen MR) is 124 cm³/mol. The van der Waals surface area contributed by atoms with Crippen LogP contribution in [0.2, 0.25) is 0 Å². The number of fused-ring (bicyclic) bond motifs is 1. The Kier molecular flexibility index (Phi) is 5.58. The molecule has 0 atom stereocenters. The summed E-state index contributed by atoms with van der Waals surface area (Å²) in [6.07, 6.45) is 7.81. The lowest BCUT2D eigenvalue weighted by atomic mass is 9.98. The molecule has 0 unspecified atom stereocenters. The van der Waals surface area contributed by atoms with Crippen LogP contribution >= 0.6 is 0 Å². The van der Waals surface area contributed by atoms with Gasteiger partial charge in [0.05, 0.1) is 0 Å². The van der Waals surface area contributed by atoms with Crippen molar-refractivity contribution in [3.05, 3.63) is 118 Å². The highest BCUT2D eigenvalue weighted by Crippen LogP contribution is 2.24. The Labute approximate surface area is 175 Å². The van der Waals surface area contributed by atoms with Crippen molar-refractivity contribution in [2.45, 2.75) is 13.8 Å². The Morgan fingerprint density at radius 3 is 1.37 bits per heavy atom. The van der Waals surface area contributed by atoms with Crippen molar-refractivity contribution in [2.24, 2.45) is 0 Å². The molecule has 4 aromatic rings. The summed E-state index contributed by atoms with van der Waals surface area (Å²) in [5, 5.41) is 2.26. The largest absolute Gasteiger partial charge is 0.207 e. The Morgan fingerprint density at radius 1 is 0.533 bits per heavy atom. The fraction of sp³-hybridized carbons (Fsp3) is 0.0714. The second-order valence-corrected chi connectivity index (χ2v) is 7.51. The van der Waals surface area contributed by atoms with Crippen molar-refractivity contribution in [2.75, 3.05) is 0 Å². The third-order valence-electron chi connectivity index (χ3n) is 5.25. The zero-order valence-corrected chi connectivity index (χ0v) is 17.0. The van der Waals surface area contributed by atoms with Crippen molar-refractivity contribution in [3.8, 4) is 0 Å². The molecule has 0 saturated heterocycles. The molecular formula is C28H22F2. The lowest BCUT2D eigenvalue weighted by molar-refractivity contribution is 0.618. The van der Waals surface area contributed by atoms with Crippen LogP contribution in [0.25, 0.3) is 35.1 Å². The van der Waals surface area contributed by atoms with E-state index in [1.807, 2.05) is 48.6 Å². The van der Waals surface area contributed by atoms with Gasteiger partial charge in [0.25, 0.3) is 0 Å². The van der Waals surface area contributed by atoms with Gasteiger partial charge in [-0.1, -0.05) is 72.8 Å². The second kappa shape index (κ2) is 8.46. The quantitative estimate of drug-likeness (QED) is 0.306. The SMILES string of the molecule is Cc1ccc(/C=C\c2cc3ccccc3cc2/C=C\c2ccc(C)c(F)c2)cc1F. The summed E-state index contributed by atoms with van der Waals surface area (Å²) in [6.45, 7) is 3.51. The Morgan fingerprint density at radius 2 is 0.967 bits per heavy atom. The van der Waals surface area contributed by atoms with Gasteiger partial charge in [-0.3, -0.25) is 0 Å². The van der Waals surface area contributed by atoms with Gasteiger partial charge in [-0.25, -0.2) is 8.78 Å². The highest BCUT2D eigenvalue weighted by atomic mass is 19.1. The van der Waals surface area contributed by atoms with Gasteiger partial charge in [0, 0.05) is 0 Å². The number of halogens is 2. The third kappa shape index (κ3) is 4.38. The molecule has 0 fully saturated rings. The van der Waals surface area contributed by atoms with Crippen LogP contribution in [-0.2, 0) is 0 Å². The summed E-state index contributed by atoms with van der Waals surface area (Å²) >= 11 is 0. The maximum atomic E-state index is 13.9. The Balaban J connectivity index is 1.75. The molecule has 0 bridgehead atoms. The first-order chi connectivity index (χ1) is 14.5. The lowest BCUT2D eigenvalue weighted by Gasteiger charge is -2.06. The molecule has 0 heterocycles. The highest BCUT2D eigenvalue weighted by molar-refractivity contribution is 5.91. The number of benzene rings is 4. The van der Waals surface area contributed by atoms with E-state index in [4.69, 9.17) is 0 Å². The monoisotopic (exact) mass is 396 g/mol. The maximum Gasteiger partial charge on any atom is 0.126 e. The molecule has 0 N–H and O–H groups in total. The van der Waals surface area contributed by atoms with E-state index >= 15 is 0 Å². The lowest BCUT2D eigenvalue weighted by Crippen LogP contribution is -1.85. The standard InChI is InChI=1S/C28H22F2/c1-19-7-9-21(15-27(19)29)11-13-25-17-23-5-3-4-6-24(23)18-26(25)14-12-22-10-8-20(2)28(30)16-22/h3-18H,1-2H3/b13-11-,14-12-. The van der Waals surface area contributed by atoms with E-state index in [-0.39, 0.29) is 11.6 Å². The molecule has 0 amide bonds. The van der Waals surface area contributed by atoms with E-state index < -0.39 is 0 Å². The molecule has 148 valence electrons. The minimum absolute atomic E-state index is 0.211. The minimum atomic E-state index is -0.211. The molecule has 0 saturated carbocycles. The van der Waals surface area contributed by atoms with Gasteiger partial charge in [-0.05, 0) is 82.3 Å². The predicted octanol–water partition coefficient (Wildman–Crippen LogP) is 8.08. The third-order valence-corrected chi connectivity index (χ3v) is 5.25. The molecule has 0 aromatic heterocycles. The van der Waals surface area contributed by atoms with Gasteiger partial charge in [0.1, 0.15) is 11.6 Å². The molecular weight excluding hydrogens is 374 g/mol. The average molecular weight is 396 g/mol. The maximum absolute atomic E-state index is 13.9. The van der Waals surface area contributed by atoms with E-state index in [1.165, 1.54) is 12.1 Å². The molecule has 4 aromatic carbocycles. The normalized spacial score (nSPS) is 11.7. The van der Waals surface area contributed by atoms with Crippen molar-refractivity contribution < 1.29 is 8.78 Å². The first-order valence-corrected chi connectivity index (χ1v) is 9.91. The van der Waals surface area contributed by atoms with E-state index in [0.717, 1.165) is 33.0 Å². The molecule has 0 aliphatic rings. The van der Waals surface area contributed by atoms with Gasteiger partial charge < -0.3 is 0 Å². The smallest absolute Gasteiger partial charge is 0.126 e. The minimum Gasteiger partial charge on any atom is -0.207 e. The van der Waals surface area contributed by atoms with E-state index in [1.54, 1.807) is 26.0 Å². The van der Waals surface area contributed by atoms with Crippen molar-refractivity contribution in [1.29, 1.82) is 0 Å². The number of hydrogen-bond acceptors (Lipinski definition) is 0. The van der Waals surface area contributed by atoms with Gasteiger partial charge in [0.15, 0.2) is 0 Å². The fourth-order valence-electron chi connectivity index (χ4n) is 3.36. The number of rotatable bonds is 4. The van der Waals surface area contributed by atoms with Crippen LogP contribution in [0.5, 0.6) is 0 Å². The summed E-state index contributed by atoms with van der Waals surface area (Å²) in [5.74, 6) is -0.422. The van der Waals surface area contributed by atoms with Crippen molar-refractivity contribution in [3.63, 3.8) is 0 Å². The van der Waals surface area contributed by atoms with Crippen LogP contribution in [0.3, 0.4) is 0 Å². The summed E-state index contributed by atoms with van der Waals surface area (Å²) in [7, 11) is 0. The van der Waals surface area contributed by atoms with E-state index in [0.29, 0.717) is 11.1 Å². The molecule has 0 aliphatic carbocycles. The molecule has 0 spiro atoms. The van der Waals surface area contributed by atoms with Crippen molar-refractivity contribution in [1.82, 2.24) is 0 Å². The summed E-state index contributed by atoms with van der Waals surface area (Å²) in [5.41, 5.74) is 4.90. The summed E-state index contributed by atoms with van der Waals surface area (Å²) in [6, 6.07) is 22.8. The molecule has 0 nitrogen and oxygen atoms in total. The van der Waals surface area contributed by atoms with Gasteiger partial charge in [0.2, 0.25) is 0 Å². The molecule has 2 heteroatoms. The Bertz CT molecular complexity index is 1180. The zero-order chi connectivity index (χ0) is 21.1. The fourth-order valence-corrected chi connectivity index (χ4v) is 3.36. The molecule has 4 rings (SSSR count). The molecule has 30 heavy (non-hydrogen) atoms. The summed E-state index contributed by atoms with van der Waals surface area (Å²) in [4.78, 5) is 0. The van der Waals surface area contributed by atoms with Crippen LogP contribution in [-0.4, -0.2) is 0 Å². The summed E-state index contributed by atoms with van der Waals surface area (Å²) < 4.78 is 27.8. The molecule has 0 radical (unpaired) electrons. The first-order valence-electron chi connectivity index (χ1n) is 9.91. The van der Waals surface area contributed by atoms with Crippen molar-refractivity contribution >= 4 is 35.1 Å². The van der Waals surface area contributed by atoms with Crippen LogP contribution in [0.1, 0.15) is 33.4 Å². The molecule has 0 aliphatic heterocycles. The number of hydrogen-bond donors (Lipinski definition) is 0. The number of aryl methyl sites for hydroxylation is 2. The van der Waals surface area contributed by atoms with Crippen LogP contribution in [0.4, 0.5) is 8.78 Å². The van der Waals surface area contributed by atoms with E-state index in [9.17, 15) is 8.78 Å². The van der Waals surface area contributed by atoms with Crippen LogP contribution in [0, 0.1) is 25.5 Å². The topological polar surface area (TPSA) is 0 Å². The zero-order valence-electron chi connectivity index (χ0n) is 17.0. The highest BCUT2D eigenvalue weighted by Gasteiger charge is 2.03. The average Bonchev–Trinajstić information content (AvgIpc) is 2.75. The van der Waals surface area contributed by atoms with E-state index in [2.05, 4.69) is 24.3 Å².